The molecule has 162 valence electrons. The highest BCUT2D eigenvalue weighted by atomic mass is 16.5. The predicted molar refractivity (Wildman–Crippen MR) is 105 cm³/mol. The van der Waals surface area contributed by atoms with Gasteiger partial charge in [-0.25, -0.2) is 4.79 Å². The van der Waals surface area contributed by atoms with Crippen LogP contribution in [0.3, 0.4) is 0 Å². The fraction of sp³-hybridized carbons (Fsp3) is 0.810. The zero-order chi connectivity index (χ0) is 21.2. The average Bonchev–Trinajstić information content (AvgIpc) is 2.66. The lowest BCUT2D eigenvalue weighted by Crippen LogP contribution is -2.57. The van der Waals surface area contributed by atoms with E-state index < -0.39 is 24.5 Å². The van der Waals surface area contributed by atoms with Crippen molar-refractivity contribution < 1.29 is 23.9 Å². The molecule has 3 N–H and O–H groups in total. The van der Waals surface area contributed by atoms with Gasteiger partial charge >= 0.3 is 5.97 Å². The summed E-state index contributed by atoms with van der Waals surface area (Å²) in [5, 5.41) is 7.70. The van der Waals surface area contributed by atoms with Crippen molar-refractivity contribution in [2.75, 3.05) is 20.2 Å². The normalized spacial score (nSPS) is 30.6. The number of hydrogen-bond donors (Lipinski definition) is 3. The Labute approximate surface area is 171 Å². The van der Waals surface area contributed by atoms with E-state index in [0.717, 1.165) is 19.3 Å². The first-order valence-electron chi connectivity index (χ1n) is 10.7. The van der Waals surface area contributed by atoms with Crippen LogP contribution in [0.5, 0.6) is 0 Å². The molecule has 0 radical (unpaired) electrons. The van der Waals surface area contributed by atoms with Gasteiger partial charge in [-0.15, -0.1) is 0 Å². The summed E-state index contributed by atoms with van der Waals surface area (Å²) in [6, 6.07) is -0.790. The molecule has 8 nitrogen and oxygen atoms in total. The fourth-order valence-corrected chi connectivity index (χ4v) is 5.73. The zero-order valence-corrected chi connectivity index (χ0v) is 17.6. The van der Waals surface area contributed by atoms with Crippen LogP contribution >= 0.6 is 0 Å². The van der Waals surface area contributed by atoms with Crippen LogP contribution in [0.25, 0.3) is 0 Å². The molecule has 0 aliphatic heterocycles. The second kappa shape index (κ2) is 8.71. The monoisotopic (exact) mass is 407 g/mol. The van der Waals surface area contributed by atoms with E-state index in [9.17, 15) is 19.2 Å². The van der Waals surface area contributed by atoms with E-state index in [0.29, 0.717) is 17.8 Å². The highest BCUT2D eigenvalue weighted by molar-refractivity contribution is 5.90. The molecule has 0 spiro atoms. The van der Waals surface area contributed by atoms with Crippen LogP contribution in [0.2, 0.25) is 0 Å². The Morgan fingerprint density at radius 1 is 0.966 bits per heavy atom. The average molecular weight is 408 g/mol. The van der Waals surface area contributed by atoms with Crippen LogP contribution in [-0.2, 0) is 23.9 Å². The minimum absolute atomic E-state index is 0.0312. The first-order valence-corrected chi connectivity index (χ1v) is 10.7. The highest BCUT2D eigenvalue weighted by Crippen LogP contribution is 2.60. The maximum absolute atomic E-state index is 13.2. The summed E-state index contributed by atoms with van der Waals surface area (Å²) in [5.74, 6) is 0.213. The Bertz CT molecular complexity index is 640. The van der Waals surface area contributed by atoms with Crippen molar-refractivity contribution in [2.45, 2.75) is 58.4 Å². The second-order valence-electron chi connectivity index (χ2n) is 9.45. The fourth-order valence-electron chi connectivity index (χ4n) is 5.73. The minimum atomic E-state index is -0.790. The zero-order valence-electron chi connectivity index (χ0n) is 17.6. The number of carbonyl (C=O) groups is 4. The number of likely N-dealkylation sites (N-methyl/N-ethyl adjacent to an activating group) is 1. The second-order valence-corrected chi connectivity index (χ2v) is 9.45. The van der Waals surface area contributed by atoms with Gasteiger partial charge < -0.3 is 20.7 Å². The van der Waals surface area contributed by atoms with Crippen molar-refractivity contribution in [1.29, 1.82) is 0 Å². The van der Waals surface area contributed by atoms with E-state index in [1.165, 1.54) is 26.3 Å². The van der Waals surface area contributed by atoms with Crippen molar-refractivity contribution in [3.05, 3.63) is 0 Å². The van der Waals surface area contributed by atoms with Crippen LogP contribution in [0.4, 0.5) is 0 Å². The lowest BCUT2D eigenvalue weighted by atomic mass is 9.49. The first kappa shape index (κ1) is 21.6. The van der Waals surface area contributed by atoms with Crippen molar-refractivity contribution in [2.24, 2.45) is 29.1 Å². The Hall–Kier alpha value is -2.12. The number of rotatable bonds is 8. The molecule has 0 aromatic rings. The van der Waals surface area contributed by atoms with Crippen LogP contribution < -0.4 is 16.0 Å². The molecule has 0 aromatic heterocycles. The van der Waals surface area contributed by atoms with Crippen molar-refractivity contribution in [1.82, 2.24) is 16.0 Å². The third-order valence-electron chi connectivity index (χ3n) is 6.80. The molecule has 4 aliphatic rings. The van der Waals surface area contributed by atoms with Gasteiger partial charge in [0.05, 0.1) is 6.54 Å². The van der Waals surface area contributed by atoms with Gasteiger partial charge in [0.25, 0.3) is 5.91 Å². The summed E-state index contributed by atoms with van der Waals surface area (Å²) in [4.78, 5) is 48.7. The van der Waals surface area contributed by atoms with Gasteiger partial charge in [0.1, 0.15) is 6.04 Å². The molecular weight excluding hydrogens is 374 g/mol. The standard InChI is InChI=1S/C21H33N3O5/c1-12(2)18(19(27)29-11-17(26)23-10-16(25)22-3)24-20(28)21-7-13-4-14(8-21)6-15(5-13)9-21/h12-15,18H,4-11H2,1-3H3,(H,22,25)(H,23,26)(H,24,28)/t13?,14?,15?,18-,21?/m0/s1. The van der Waals surface area contributed by atoms with Crippen molar-refractivity contribution >= 4 is 23.7 Å². The number of esters is 1. The highest BCUT2D eigenvalue weighted by Gasteiger charge is 2.55. The molecule has 0 unspecified atom stereocenters. The molecule has 4 aliphatic carbocycles. The lowest BCUT2D eigenvalue weighted by Gasteiger charge is -2.55. The quantitative estimate of drug-likeness (QED) is 0.514. The molecule has 0 saturated heterocycles. The number of nitrogens with one attached hydrogen (secondary N) is 3. The summed E-state index contributed by atoms with van der Waals surface area (Å²) in [6.45, 7) is 3.03. The number of amides is 3. The predicted octanol–water partition coefficient (Wildman–Crippen LogP) is 0.749. The molecule has 4 bridgehead atoms. The van der Waals surface area contributed by atoms with Crippen LogP contribution in [0.1, 0.15) is 52.4 Å². The Morgan fingerprint density at radius 2 is 1.52 bits per heavy atom. The van der Waals surface area contributed by atoms with Crippen LogP contribution in [0.15, 0.2) is 0 Å². The maximum Gasteiger partial charge on any atom is 0.329 e. The molecule has 0 heterocycles. The first-order chi connectivity index (χ1) is 13.7. The SMILES string of the molecule is CNC(=O)CNC(=O)COC(=O)[C@@H](NC(=O)C12CC3CC(CC(C3)C1)C2)C(C)C. The van der Waals surface area contributed by atoms with Gasteiger partial charge in [-0.05, 0) is 62.2 Å². The summed E-state index contributed by atoms with van der Waals surface area (Å²) in [7, 11) is 1.47. The molecule has 4 saturated carbocycles. The van der Waals surface area contributed by atoms with Gasteiger partial charge in [0.15, 0.2) is 6.61 Å². The van der Waals surface area contributed by atoms with E-state index >= 15 is 0 Å². The Kier molecular flexibility index (Phi) is 6.49. The van der Waals surface area contributed by atoms with E-state index in [2.05, 4.69) is 16.0 Å². The van der Waals surface area contributed by atoms with E-state index in [4.69, 9.17) is 4.74 Å². The van der Waals surface area contributed by atoms with Gasteiger partial charge in [0, 0.05) is 12.5 Å². The van der Waals surface area contributed by atoms with Gasteiger partial charge in [-0.1, -0.05) is 13.8 Å². The molecule has 3 amide bonds. The summed E-state index contributed by atoms with van der Waals surface area (Å²) in [6.07, 6.45) is 6.50. The third kappa shape index (κ3) is 4.90. The molecule has 29 heavy (non-hydrogen) atoms. The van der Waals surface area contributed by atoms with Crippen LogP contribution in [0, 0.1) is 29.1 Å². The van der Waals surface area contributed by atoms with Crippen LogP contribution in [-0.4, -0.2) is 49.9 Å². The van der Waals surface area contributed by atoms with Crippen molar-refractivity contribution in [3.8, 4) is 0 Å². The van der Waals surface area contributed by atoms with Gasteiger partial charge in [-0.3, -0.25) is 14.4 Å². The number of hydrogen-bond acceptors (Lipinski definition) is 5. The Balaban J connectivity index is 1.54. The molecule has 8 heteroatoms. The topological polar surface area (TPSA) is 114 Å². The molecule has 4 fully saturated rings. The number of carbonyl (C=O) groups excluding carboxylic acids is 4. The maximum atomic E-state index is 13.2. The summed E-state index contributed by atoms with van der Waals surface area (Å²) < 4.78 is 5.12. The lowest BCUT2D eigenvalue weighted by molar-refractivity contribution is -0.157. The van der Waals surface area contributed by atoms with Crippen molar-refractivity contribution in [3.63, 3.8) is 0 Å². The third-order valence-corrected chi connectivity index (χ3v) is 6.80. The van der Waals surface area contributed by atoms with Gasteiger partial charge in [0.2, 0.25) is 11.8 Å². The van der Waals surface area contributed by atoms with Gasteiger partial charge in [-0.2, -0.15) is 0 Å². The van der Waals surface area contributed by atoms with E-state index in [1.807, 2.05) is 13.8 Å². The Morgan fingerprint density at radius 3 is 2.00 bits per heavy atom. The largest absolute Gasteiger partial charge is 0.454 e. The molecule has 4 rings (SSSR count). The number of ether oxygens (including phenoxy) is 1. The minimum Gasteiger partial charge on any atom is -0.454 e. The molecule has 1 atom stereocenters. The summed E-state index contributed by atoms with van der Waals surface area (Å²) in [5.41, 5.74) is -0.340. The summed E-state index contributed by atoms with van der Waals surface area (Å²) >= 11 is 0. The smallest absolute Gasteiger partial charge is 0.329 e. The molecule has 0 aromatic carbocycles. The van der Waals surface area contributed by atoms with E-state index in [-0.39, 0.29) is 29.7 Å². The van der Waals surface area contributed by atoms with E-state index in [1.54, 1.807) is 0 Å². The molecular formula is C21H33N3O5.